The molecule has 1 atom stereocenters. The molecule has 3 nitrogen and oxygen atoms in total. The number of rotatable bonds is 5. The summed E-state index contributed by atoms with van der Waals surface area (Å²) < 4.78 is 0. The summed E-state index contributed by atoms with van der Waals surface area (Å²) >= 11 is 1.69. The molecule has 0 aromatic carbocycles. The van der Waals surface area contributed by atoms with Crippen LogP contribution in [0.5, 0.6) is 0 Å². The highest BCUT2D eigenvalue weighted by molar-refractivity contribution is 7.10. The zero-order valence-electron chi connectivity index (χ0n) is 11.5. The van der Waals surface area contributed by atoms with Gasteiger partial charge in [-0.3, -0.25) is 4.79 Å². The third-order valence-corrected chi connectivity index (χ3v) is 5.06. The Labute approximate surface area is 119 Å². The molecule has 2 rings (SSSR count). The van der Waals surface area contributed by atoms with Crippen molar-refractivity contribution in [3.63, 3.8) is 0 Å². The van der Waals surface area contributed by atoms with E-state index in [0.29, 0.717) is 13.0 Å². The Hall–Kier alpha value is -0.870. The van der Waals surface area contributed by atoms with Gasteiger partial charge in [-0.2, -0.15) is 0 Å². The average molecular weight is 281 g/mol. The standard InChI is InChI=1S/C15H23NO2S/c1-12(17)7-10-16-14(18)15(8-3-2-4-9-15)13-6-5-11-19-13/h5-6,11-12,17H,2-4,7-10H2,1H3,(H,16,18). The van der Waals surface area contributed by atoms with Gasteiger partial charge in [0.1, 0.15) is 0 Å². The van der Waals surface area contributed by atoms with Crippen LogP contribution in [0.4, 0.5) is 0 Å². The summed E-state index contributed by atoms with van der Waals surface area (Å²) in [5, 5.41) is 14.3. The van der Waals surface area contributed by atoms with Crippen LogP contribution in [-0.4, -0.2) is 23.7 Å². The molecule has 0 saturated heterocycles. The fraction of sp³-hybridized carbons (Fsp3) is 0.667. The number of carbonyl (C=O) groups excluding carboxylic acids is 1. The molecule has 1 aliphatic rings. The molecule has 19 heavy (non-hydrogen) atoms. The van der Waals surface area contributed by atoms with E-state index in [1.807, 2.05) is 6.07 Å². The van der Waals surface area contributed by atoms with E-state index in [-0.39, 0.29) is 17.4 Å². The number of aliphatic hydroxyl groups is 1. The maximum absolute atomic E-state index is 12.6. The highest BCUT2D eigenvalue weighted by atomic mass is 32.1. The van der Waals surface area contributed by atoms with E-state index in [4.69, 9.17) is 0 Å². The van der Waals surface area contributed by atoms with Crippen LogP contribution in [-0.2, 0) is 10.2 Å². The van der Waals surface area contributed by atoms with Crippen molar-refractivity contribution < 1.29 is 9.90 Å². The van der Waals surface area contributed by atoms with Crippen molar-refractivity contribution in [1.29, 1.82) is 0 Å². The Bertz CT molecular complexity index is 394. The Morgan fingerprint density at radius 3 is 2.79 bits per heavy atom. The van der Waals surface area contributed by atoms with Gasteiger partial charge in [0.2, 0.25) is 5.91 Å². The highest BCUT2D eigenvalue weighted by Crippen LogP contribution is 2.41. The summed E-state index contributed by atoms with van der Waals surface area (Å²) in [4.78, 5) is 13.8. The first kappa shape index (κ1) is 14.5. The van der Waals surface area contributed by atoms with Crippen LogP contribution in [0.3, 0.4) is 0 Å². The van der Waals surface area contributed by atoms with Gasteiger partial charge in [0.05, 0.1) is 11.5 Å². The molecule has 4 heteroatoms. The van der Waals surface area contributed by atoms with Gasteiger partial charge in [0.25, 0.3) is 0 Å². The monoisotopic (exact) mass is 281 g/mol. The predicted molar refractivity (Wildman–Crippen MR) is 78.4 cm³/mol. The molecule has 1 fully saturated rings. The number of hydrogen-bond donors (Lipinski definition) is 2. The second-order valence-electron chi connectivity index (χ2n) is 5.51. The van der Waals surface area contributed by atoms with Gasteiger partial charge in [0.15, 0.2) is 0 Å². The first-order chi connectivity index (χ1) is 9.15. The third kappa shape index (κ3) is 3.37. The van der Waals surface area contributed by atoms with Crippen LogP contribution >= 0.6 is 11.3 Å². The molecule has 1 saturated carbocycles. The fourth-order valence-corrected chi connectivity index (χ4v) is 3.84. The van der Waals surface area contributed by atoms with Crippen LogP contribution in [0.15, 0.2) is 17.5 Å². The van der Waals surface area contributed by atoms with Crippen molar-refractivity contribution in [2.45, 2.75) is 57.0 Å². The van der Waals surface area contributed by atoms with E-state index in [9.17, 15) is 9.90 Å². The Morgan fingerprint density at radius 2 is 2.21 bits per heavy atom. The first-order valence-electron chi connectivity index (χ1n) is 7.15. The number of nitrogens with one attached hydrogen (secondary N) is 1. The lowest BCUT2D eigenvalue weighted by atomic mass is 9.72. The summed E-state index contributed by atoms with van der Waals surface area (Å²) in [5.74, 6) is 0.148. The molecule has 106 valence electrons. The molecule has 1 aliphatic carbocycles. The molecule has 0 spiro atoms. The predicted octanol–water partition coefficient (Wildman–Crippen LogP) is 2.84. The minimum Gasteiger partial charge on any atom is -0.393 e. The van der Waals surface area contributed by atoms with Crippen LogP contribution < -0.4 is 5.32 Å². The van der Waals surface area contributed by atoms with Gasteiger partial charge in [-0.1, -0.05) is 25.3 Å². The number of hydrogen-bond acceptors (Lipinski definition) is 3. The third-order valence-electron chi connectivity index (χ3n) is 3.98. The number of thiophene rings is 1. The van der Waals surface area contributed by atoms with Gasteiger partial charge in [-0.25, -0.2) is 0 Å². The fourth-order valence-electron chi connectivity index (χ4n) is 2.86. The summed E-state index contributed by atoms with van der Waals surface area (Å²) in [6.45, 7) is 2.31. The van der Waals surface area contributed by atoms with Crippen molar-refractivity contribution in [3.8, 4) is 0 Å². The molecule has 0 radical (unpaired) electrons. The average Bonchev–Trinajstić information content (AvgIpc) is 2.93. The zero-order chi connectivity index (χ0) is 13.7. The van der Waals surface area contributed by atoms with Crippen LogP contribution in [0, 0.1) is 0 Å². The van der Waals surface area contributed by atoms with Gasteiger partial charge in [0, 0.05) is 11.4 Å². The van der Waals surface area contributed by atoms with Gasteiger partial charge < -0.3 is 10.4 Å². The topological polar surface area (TPSA) is 49.3 Å². The van der Waals surface area contributed by atoms with Crippen molar-refractivity contribution in [1.82, 2.24) is 5.32 Å². The highest BCUT2D eigenvalue weighted by Gasteiger charge is 2.41. The maximum atomic E-state index is 12.6. The smallest absolute Gasteiger partial charge is 0.231 e. The Kier molecular flexibility index (Phi) is 4.99. The van der Waals surface area contributed by atoms with E-state index in [1.54, 1.807) is 18.3 Å². The molecule has 1 aromatic rings. The molecule has 2 N–H and O–H groups in total. The van der Waals surface area contributed by atoms with E-state index in [0.717, 1.165) is 25.7 Å². The molecular formula is C15H23NO2S. The van der Waals surface area contributed by atoms with Gasteiger partial charge in [-0.05, 0) is 37.6 Å². The minimum absolute atomic E-state index is 0.148. The molecule has 1 heterocycles. The summed E-state index contributed by atoms with van der Waals surface area (Å²) in [6, 6.07) is 4.11. The molecule has 1 aromatic heterocycles. The van der Waals surface area contributed by atoms with E-state index in [2.05, 4.69) is 16.8 Å². The Balaban J connectivity index is 2.07. The van der Waals surface area contributed by atoms with Crippen molar-refractivity contribution in [3.05, 3.63) is 22.4 Å². The number of carbonyl (C=O) groups is 1. The molecule has 1 amide bonds. The van der Waals surface area contributed by atoms with Crippen LogP contribution in [0.1, 0.15) is 50.3 Å². The van der Waals surface area contributed by atoms with Gasteiger partial charge in [-0.15, -0.1) is 11.3 Å². The number of amides is 1. The first-order valence-corrected chi connectivity index (χ1v) is 8.03. The van der Waals surface area contributed by atoms with E-state index < -0.39 is 0 Å². The molecular weight excluding hydrogens is 258 g/mol. The lowest BCUT2D eigenvalue weighted by Gasteiger charge is -2.35. The van der Waals surface area contributed by atoms with Crippen molar-refractivity contribution in [2.24, 2.45) is 0 Å². The lowest BCUT2D eigenvalue weighted by Crippen LogP contribution is -2.45. The lowest BCUT2D eigenvalue weighted by molar-refractivity contribution is -0.128. The Morgan fingerprint density at radius 1 is 1.47 bits per heavy atom. The largest absolute Gasteiger partial charge is 0.393 e. The minimum atomic E-state index is -0.357. The van der Waals surface area contributed by atoms with Gasteiger partial charge >= 0.3 is 0 Å². The summed E-state index contributed by atoms with van der Waals surface area (Å²) in [5.41, 5.74) is -0.314. The molecule has 0 bridgehead atoms. The SMILES string of the molecule is CC(O)CCNC(=O)C1(c2cccs2)CCCCC1. The normalized spacial score (nSPS) is 19.9. The number of aliphatic hydroxyl groups excluding tert-OH is 1. The van der Waals surface area contributed by atoms with Crippen molar-refractivity contribution in [2.75, 3.05) is 6.54 Å². The van der Waals surface area contributed by atoms with Crippen LogP contribution in [0.2, 0.25) is 0 Å². The quantitative estimate of drug-likeness (QED) is 0.872. The van der Waals surface area contributed by atoms with E-state index in [1.165, 1.54) is 11.3 Å². The molecule has 0 aliphatic heterocycles. The summed E-state index contributed by atoms with van der Waals surface area (Å²) in [6.07, 6.45) is 5.65. The van der Waals surface area contributed by atoms with Crippen molar-refractivity contribution >= 4 is 17.2 Å². The zero-order valence-corrected chi connectivity index (χ0v) is 12.3. The van der Waals surface area contributed by atoms with E-state index >= 15 is 0 Å². The molecule has 1 unspecified atom stereocenters. The second kappa shape index (κ2) is 6.53. The maximum Gasteiger partial charge on any atom is 0.231 e. The second-order valence-corrected chi connectivity index (χ2v) is 6.46. The summed E-state index contributed by atoms with van der Waals surface area (Å²) in [7, 11) is 0. The van der Waals surface area contributed by atoms with Crippen LogP contribution in [0.25, 0.3) is 0 Å².